The molecule has 1 amide bonds. The van der Waals surface area contributed by atoms with E-state index in [1.165, 1.54) is 31.2 Å². The van der Waals surface area contributed by atoms with E-state index in [4.69, 9.17) is 5.73 Å². The Labute approximate surface area is 113 Å². The third-order valence-electron chi connectivity index (χ3n) is 4.54. The number of anilines is 1. The normalized spacial score (nSPS) is 21.7. The second kappa shape index (κ2) is 4.85. The first kappa shape index (κ1) is 12.5. The van der Waals surface area contributed by atoms with E-state index >= 15 is 0 Å². The van der Waals surface area contributed by atoms with Crippen LogP contribution in [0, 0.1) is 0 Å². The number of rotatable bonds is 3. The molecular formula is C15H21N3O. The minimum atomic E-state index is 0.0970. The summed E-state index contributed by atoms with van der Waals surface area (Å²) in [4.78, 5) is 11.3. The monoisotopic (exact) mass is 259 g/mol. The van der Waals surface area contributed by atoms with Gasteiger partial charge < -0.3 is 5.73 Å². The highest BCUT2D eigenvalue weighted by Gasteiger charge is 2.34. The molecule has 19 heavy (non-hydrogen) atoms. The predicted octanol–water partition coefficient (Wildman–Crippen LogP) is 1.70. The molecular weight excluding hydrogens is 238 g/mol. The van der Waals surface area contributed by atoms with Crippen LogP contribution in [0.3, 0.4) is 0 Å². The summed E-state index contributed by atoms with van der Waals surface area (Å²) in [5.74, 6) is 0.0970. The van der Waals surface area contributed by atoms with Gasteiger partial charge in [0.25, 0.3) is 0 Å². The fourth-order valence-corrected chi connectivity index (χ4v) is 3.34. The number of hydrogen-bond acceptors (Lipinski definition) is 3. The summed E-state index contributed by atoms with van der Waals surface area (Å²) in [5.41, 5.74) is 11.5. The highest BCUT2D eigenvalue weighted by molar-refractivity contribution is 5.81. The zero-order chi connectivity index (χ0) is 13.3. The van der Waals surface area contributed by atoms with Gasteiger partial charge in [0.1, 0.15) is 0 Å². The van der Waals surface area contributed by atoms with Crippen molar-refractivity contribution in [1.82, 2.24) is 5.43 Å². The predicted molar refractivity (Wildman–Crippen MR) is 75.7 cm³/mol. The standard InChI is InChI=1S/C15H21N3O/c16-11-15(7-1-2-8-15)12-4-3-5-13(10-12)18-9-6-14(19)17-18/h3-5,10H,1-2,6-9,11,16H2,(H,17,19). The van der Waals surface area contributed by atoms with Gasteiger partial charge in [0.2, 0.25) is 5.91 Å². The molecule has 2 aliphatic rings. The van der Waals surface area contributed by atoms with Crippen LogP contribution in [0.4, 0.5) is 5.69 Å². The van der Waals surface area contributed by atoms with Gasteiger partial charge in [0.15, 0.2) is 0 Å². The number of nitrogens with one attached hydrogen (secondary N) is 1. The summed E-state index contributed by atoms with van der Waals surface area (Å²) in [6.45, 7) is 1.46. The fraction of sp³-hybridized carbons (Fsp3) is 0.533. The van der Waals surface area contributed by atoms with Gasteiger partial charge in [0.05, 0.1) is 5.69 Å². The smallest absolute Gasteiger partial charge is 0.240 e. The maximum atomic E-state index is 11.3. The Bertz CT molecular complexity index is 480. The van der Waals surface area contributed by atoms with Crippen molar-refractivity contribution < 1.29 is 4.79 Å². The molecule has 1 saturated carbocycles. The minimum Gasteiger partial charge on any atom is -0.330 e. The van der Waals surface area contributed by atoms with Crippen molar-refractivity contribution >= 4 is 11.6 Å². The van der Waals surface area contributed by atoms with Gasteiger partial charge >= 0.3 is 0 Å². The number of amides is 1. The van der Waals surface area contributed by atoms with Crippen LogP contribution < -0.4 is 16.2 Å². The largest absolute Gasteiger partial charge is 0.330 e. The van der Waals surface area contributed by atoms with Crippen molar-refractivity contribution in [2.75, 3.05) is 18.1 Å². The number of benzene rings is 1. The molecule has 0 aromatic heterocycles. The zero-order valence-electron chi connectivity index (χ0n) is 11.2. The van der Waals surface area contributed by atoms with Gasteiger partial charge in [-0.2, -0.15) is 0 Å². The lowest BCUT2D eigenvalue weighted by Gasteiger charge is -2.29. The third kappa shape index (κ3) is 2.21. The van der Waals surface area contributed by atoms with Crippen LogP contribution in [0.5, 0.6) is 0 Å². The zero-order valence-corrected chi connectivity index (χ0v) is 11.2. The van der Waals surface area contributed by atoms with E-state index in [2.05, 4.69) is 23.6 Å². The quantitative estimate of drug-likeness (QED) is 0.868. The number of carbonyl (C=O) groups is 1. The summed E-state index contributed by atoms with van der Waals surface area (Å²) < 4.78 is 0. The van der Waals surface area contributed by atoms with E-state index in [0.29, 0.717) is 13.0 Å². The molecule has 3 rings (SSSR count). The van der Waals surface area contributed by atoms with Crippen LogP contribution in [0.1, 0.15) is 37.7 Å². The Morgan fingerprint density at radius 3 is 2.74 bits per heavy atom. The van der Waals surface area contributed by atoms with Crippen LogP contribution in [0.25, 0.3) is 0 Å². The molecule has 0 spiro atoms. The van der Waals surface area contributed by atoms with Gasteiger partial charge in [-0.05, 0) is 30.5 Å². The molecule has 3 N–H and O–H groups in total. The summed E-state index contributed by atoms with van der Waals surface area (Å²) in [7, 11) is 0. The average molecular weight is 259 g/mol. The third-order valence-corrected chi connectivity index (χ3v) is 4.54. The molecule has 4 heteroatoms. The van der Waals surface area contributed by atoms with Crippen molar-refractivity contribution in [3.8, 4) is 0 Å². The van der Waals surface area contributed by atoms with Crippen LogP contribution >= 0.6 is 0 Å². The summed E-state index contributed by atoms with van der Waals surface area (Å²) in [6, 6.07) is 8.50. The van der Waals surface area contributed by atoms with E-state index in [1.54, 1.807) is 0 Å². The Morgan fingerprint density at radius 2 is 2.11 bits per heavy atom. The Balaban J connectivity index is 1.89. The van der Waals surface area contributed by atoms with Crippen LogP contribution in [0.15, 0.2) is 24.3 Å². The lowest BCUT2D eigenvalue weighted by Crippen LogP contribution is -2.34. The van der Waals surface area contributed by atoms with Crippen LogP contribution in [0.2, 0.25) is 0 Å². The fourth-order valence-electron chi connectivity index (χ4n) is 3.34. The number of hydrazine groups is 1. The lowest BCUT2D eigenvalue weighted by molar-refractivity contribution is -0.119. The minimum absolute atomic E-state index is 0.0970. The van der Waals surface area contributed by atoms with Gasteiger partial charge in [0, 0.05) is 24.9 Å². The second-order valence-electron chi connectivity index (χ2n) is 5.68. The number of nitrogens with zero attached hydrogens (tertiary/aromatic N) is 1. The second-order valence-corrected chi connectivity index (χ2v) is 5.68. The topological polar surface area (TPSA) is 58.4 Å². The average Bonchev–Trinajstić information content (AvgIpc) is 3.08. The molecule has 2 fully saturated rings. The molecule has 0 radical (unpaired) electrons. The molecule has 0 atom stereocenters. The summed E-state index contributed by atoms with van der Waals surface area (Å²) >= 11 is 0. The van der Waals surface area contributed by atoms with E-state index in [-0.39, 0.29) is 11.3 Å². The highest BCUT2D eigenvalue weighted by Crippen LogP contribution is 2.41. The molecule has 1 aromatic carbocycles. The van der Waals surface area contributed by atoms with Crippen molar-refractivity contribution in [1.29, 1.82) is 0 Å². The first-order valence-electron chi connectivity index (χ1n) is 7.11. The van der Waals surface area contributed by atoms with Crippen molar-refractivity contribution in [3.05, 3.63) is 29.8 Å². The first-order valence-corrected chi connectivity index (χ1v) is 7.11. The number of hydrogen-bond donors (Lipinski definition) is 2. The van der Waals surface area contributed by atoms with Gasteiger partial charge in [-0.3, -0.25) is 15.2 Å². The lowest BCUT2D eigenvalue weighted by atomic mass is 9.79. The summed E-state index contributed by atoms with van der Waals surface area (Å²) in [6.07, 6.45) is 5.47. The maximum absolute atomic E-state index is 11.3. The van der Waals surface area contributed by atoms with E-state index in [0.717, 1.165) is 12.2 Å². The summed E-state index contributed by atoms with van der Waals surface area (Å²) in [5, 5.41) is 1.94. The molecule has 4 nitrogen and oxygen atoms in total. The Morgan fingerprint density at radius 1 is 1.32 bits per heavy atom. The van der Waals surface area contributed by atoms with E-state index < -0.39 is 0 Å². The highest BCUT2D eigenvalue weighted by atomic mass is 16.2. The SMILES string of the molecule is NCC1(c2cccc(N3CCC(=O)N3)c2)CCCC1. The molecule has 102 valence electrons. The van der Waals surface area contributed by atoms with E-state index in [9.17, 15) is 4.79 Å². The molecule has 0 bridgehead atoms. The first-order chi connectivity index (χ1) is 9.23. The molecule has 1 aliphatic carbocycles. The van der Waals surface area contributed by atoms with E-state index in [1.807, 2.05) is 11.1 Å². The Hall–Kier alpha value is -1.55. The van der Waals surface area contributed by atoms with Crippen molar-refractivity contribution in [2.24, 2.45) is 5.73 Å². The molecule has 1 aliphatic heterocycles. The van der Waals surface area contributed by atoms with Crippen molar-refractivity contribution in [3.63, 3.8) is 0 Å². The van der Waals surface area contributed by atoms with Gasteiger partial charge in [-0.25, -0.2) is 0 Å². The van der Waals surface area contributed by atoms with Crippen molar-refractivity contribution in [2.45, 2.75) is 37.5 Å². The molecule has 0 unspecified atom stereocenters. The number of carbonyl (C=O) groups excluding carboxylic acids is 1. The number of nitrogens with two attached hydrogens (primary N) is 1. The van der Waals surface area contributed by atoms with Gasteiger partial charge in [-0.1, -0.05) is 25.0 Å². The molecule has 1 aromatic rings. The van der Waals surface area contributed by atoms with Crippen LogP contribution in [-0.4, -0.2) is 19.0 Å². The molecule has 1 saturated heterocycles. The molecule has 1 heterocycles. The maximum Gasteiger partial charge on any atom is 0.240 e. The van der Waals surface area contributed by atoms with Gasteiger partial charge in [-0.15, -0.1) is 0 Å². The Kier molecular flexibility index (Phi) is 3.19. The van der Waals surface area contributed by atoms with Crippen LogP contribution in [-0.2, 0) is 10.2 Å².